The molecule has 0 atom stereocenters. The summed E-state index contributed by atoms with van der Waals surface area (Å²) in [6.45, 7) is 5.18. The number of hydrogen-bond acceptors (Lipinski definition) is 4. The molecule has 0 aliphatic rings. The van der Waals surface area contributed by atoms with Crippen LogP contribution in [0.4, 0.5) is 0 Å². The Morgan fingerprint density at radius 2 is 1.91 bits per heavy atom. The lowest BCUT2D eigenvalue weighted by Gasteiger charge is -2.13. The standard InChI is InChI=1S/C27H30N2O3S/c1-3-16-32-25-14-5-4-10-21(25)12-7-15-28-27(31)24(19-23-13-8-17-33-23)29-26(30)22-11-6-9-20(2)18-22/h4-6,8-11,13-14,17-19H,3,7,12,15-16H2,1-2H3,(H,28,31)(H,29,30)/b24-19-. The van der Waals surface area contributed by atoms with Gasteiger partial charge in [-0.05, 0) is 67.5 Å². The Morgan fingerprint density at radius 3 is 2.67 bits per heavy atom. The molecule has 0 aliphatic carbocycles. The molecule has 1 heterocycles. The summed E-state index contributed by atoms with van der Waals surface area (Å²) in [5.41, 5.74) is 2.86. The molecule has 0 saturated heterocycles. The summed E-state index contributed by atoms with van der Waals surface area (Å²) in [7, 11) is 0. The minimum absolute atomic E-state index is 0.232. The van der Waals surface area contributed by atoms with Gasteiger partial charge in [0.2, 0.25) is 0 Å². The lowest BCUT2D eigenvalue weighted by molar-refractivity contribution is -0.117. The van der Waals surface area contributed by atoms with Crippen molar-refractivity contribution in [3.63, 3.8) is 0 Å². The van der Waals surface area contributed by atoms with Crippen molar-refractivity contribution in [2.45, 2.75) is 33.1 Å². The maximum atomic E-state index is 12.9. The summed E-state index contributed by atoms with van der Waals surface area (Å²) in [6, 6.07) is 19.1. The number of thiophene rings is 1. The number of rotatable bonds is 11. The molecule has 2 N–H and O–H groups in total. The second-order valence-corrected chi connectivity index (χ2v) is 8.69. The van der Waals surface area contributed by atoms with E-state index in [4.69, 9.17) is 4.74 Å². The summed E-state index contributed by atoms with van der Waals surface area (Å²) in [5.74, 6) is 0.285. The van der Waals surface area contributed by atoms with Crippen LogP contribution in [0.5, 0.6) is 5.75 Å². The van der Waals surface area contributed by atoms with Gasteiger partial charge in [-0.25, -0.2) is 0 Å². The zero-order valence-electron chi connectivity index (χ0n) is 19.1. The smallest absolute Gasteiger partial charge is 0.267 e. The molecular weight excluding hydrogens is 432 g/mol. The Labute approximate surface area is 199 Å². The maximum absolute atomic E-state index is 12.9. The molecule has 1 aromatic heterocycles. The zero-order valence-corrected chi connectivity index (χ0v) is 19.9. The van der Waals surface area contributed by atoms with Crippen molar-refractivity contribution in [2.75, 3.05) is 13.2 Å². The van der Waals surface area contributed by atoms with Crippen molar-refractivity contribution in [3.05, 3.63) is 93.3 Å². The molecule has 0 radical (unpaired) electrons. The Morgan fingerprint density at radius 1 is 1.06 bits per heavy atom. The number of benzene rings is 2. The van der Waals surface area contributed by atoms with Crippen LogP contribution in [-0.4, -0.2) is 25.0 Å². The van der Waals surface area contributed by atoms with Gasteiger partial charge in [0.25, 0.3) is 11.8 Å². The Balaban J connectivity index is 1.61. The Hall–Kier alpha value is -3.38. The lowest BCUT2D eigenvalue weighted by atomic mass is 10.1. The molecule has 5 nitrogen and oxygen atoms in total. The van der Waals surface area contributed by atoms with Crippen molar-refractivity contribution in [1.29, 1.82) is 0 Å². The van der Waals surface area contributed by atoms with Crippen LogP contribution in [0.25, 0.3) is 6.08 Å². The Kier molecular flexibility index (Phi) is 9.27. The number of carbonyl (C=O) groups is 2. The van der Waals surface area contributed by atoms with Crippen molar-refractivity contribution in [1.82, 2.24) is 10.6 Å². The highest BCUT2D eigenvalue weighted by Crippen LogP contribution is 2.19. The van der Waals surface area contributed by atoms with Crippen LogP contribution in [0.15, 0.2) is 71.7 Å². The van der Waals surface area contributed by atoms with E-state index in [-0.39, 0.29) is 17.5 Å². The molecular formula is C27H30N2O3S. The third kappa shape index (κ3) is 7.61. The normalized spacial score (nSPS) is 11.2. The minimum atomic E-state index is -0.307. The van der Waals surface area contributed by atoms with E-state index >= 15 is 0 Å². The maximum Gasteiger partial charge on any atom is 0.267 e. The van der Waals surface area contributed by atoms with Crippen LogP contribution >= 0.6 is 11.3 Å². The second-order valence-electron chi connectivity index (χ2n) is 7.71. The van der Waals surface area contributed by atoms with Gasteiger partial charge in [-0.3, -0.25) is 9.59 Å². The summed E-state index contributed by atoms with van der Waals surface area (Å²) < 4.78 is 5.81. The summed E-state index contributed by atoms with van der Waals surface area (Å²) in [5, 5.41) is 7.66. The number of hydrogen-bond donors (Lipinski definition) is 2. The SMILES string of the molecule is CCCOc1ccccc1CCCNC(=O)/C(=C/c1cccs1)NC(=O)c1cccc(C)c1. The van der Waals surface area contributed by atoms with Crippen LogP contribution in [-0.2, 0) is 11.2 Å². The highest BCUT2D eigenvalue weighted by molar-refractivity contribution is 7.10. The number of aryl methyl sites for hydroxylation is 2. The van der Waals surface area contributed by atoms with Crippen LogP contribution in [0.2, 0.25) is 0 Å². The first kappa shape index (κ1) is 24.3. The molecule has 3 aromatic rings. The topological polar surface area (TPSA) is 67.4 Å². The third-order valence-corrected chi connectivity index (χ3v) is 5.76. The fraction of sp³-hybridized carbons (Fsp3) is 0.259. The van der Waals surface area contributed by atoms with E-state index in [0.717, 1.165) is 41.0 Å². The molecule has 33 heavy (non-hydrogen) atoms. The average Bonchev–Trinajstić information content (AvgIpc) is 3.33. The molecule has 172 valence electrons. The van der Waals surface area contributed by atoms with Gasteiger partial charge in [0, 0.05) is 17.0 Å². The van der Waals surface area contributed by atoms with Crippen molar-refractivity contribution < 1.29 is 14.3 Å². The molecule has 2 amide bonds. The van der Waals surface area contributed by atoms with E-state index in [1.54, 1.807) is 18.2 Å². The summed E-state index contributed by atoms with van der Waals surface area (Å²) in [6.07, 6.45) is 4.22. The molecule has 0 unspecified atom stereocenters. The van der Waals surface area contributed by atoms with Crippen LogP contribution < -0.4 is 15.4 Å². The van der Waals surface area contributed by atoms with Crippen molar-refractivity contribution in [3.8, 4) is 5.75 Å². The molecule has 0 fully saturated rings. The number of ether oxygens (including phenoxy) is 1. The van der Waals surface area contributed by atoms with Crippen molar-refractivity contribution in [2.24, 2.45) is 0 Å². The zero-order chi connectivity index (χ0) is 23.5. The van der Waals surface area contributed by atoms with E-state index < -0.39 is 0 Å². The van der Waals surface area contributed by atoms with E-state index in [2.05, 4.69) is 23.6 Å². The number of para-hydroxylation sites is 1. The number of carbonyl (C=O) groups excluding carboxylic acids is 2. The van der Waals surface area contributed by atoms with Gasteiger partial charge in [-0.2, -0.15) is 0 Å². The molecule has 3 rings (SSSR count). The van der Waals surface area contributed by atoms with Gasteiger partial charge in [0.1, 0.15) is 11.4 Å². The quantitative estimate of drug-likeness (QED) is 0.298. The van der Waals surface area contributed by atoms with Crippen LogP contribution in [0.3, 0.4) is 0 Å². The van der Waals surface area contributed by atoms with Crippen molar-refractivity contribution >= 4 is 29.2 Å². The van der Waals surface area contributed by atoms with E-state index in [9.17, 15) is 9.59 Å². The highest BCUT2D eigenvalue weighted by atomic mass is 32.1. The van der Waals surface area contributed by atoms with Gasteiger partial charge in [-0.1, -0.05) is 48.9 Å². The fourth-order valence-corrected chi connectivity index (χ4v) is 3.95. The van der Waals surface area contributed by atoms with Gasteiger partial charge < -0.3 is 15.4 Å². The van der Waals surface area contributed by atoms with Gasteiger partial charge >= 0.3 is 0 Å². The van der Waals surface area contributed by atoms with E-state index in [1.807, 2.05) is 54.8 Å². The molecule has 0 saturated carbocycles. The first-order valence-electron chi connectivity index (χ1n) is 11.2. The molecule has 0 spiro atoms. The average molecular weight is 463 g/mol. The first-order valence-corrected chi connectivity index (χ1v) is 12.1. The molecule has 0 aliphatic heterocycles. The fourth-order valence-electron chi connectivity index (χ4n) is 3.29. The second kappa shape index (κ2) is 12.6. The summed E-state index contributed by atoms with van der Waals surface area (Å²) >= 11 is 1.51. The monoisotopic (exact) mass is 462 g/mol. The molecule has 0 bridgehead atoms. The Bertz CT molecular complexity index is 1090. The highest BCUT2D eigenvalue weighted by Gasteiger charge is 2.15. The van der Waals surface area contributed by atoms with E-state index in [0.29, 0.717) is 18.7 Å². The molecule has 6 heteroatoms. The first-order chi connectivity index (χ1) is 16.1. The lowest BCUT2D eigenvalue weighted by Crippen LogP contribution is -2.35. The van der Waals surface area contributed by atoms with Crippen LogP contribution in [0.1, 0.15) is 46.1 Å². The predicted molar refractivity (Wildman–Crippen MR) is 134 cm³/mol. The largest absolute Gasteiger partial charge is 0.493 e. The minimum Gasteiger partial charge on any atom is -0.493 e. The summed E-state index contributed by atoms with van der Waals surface area (Å²) in [4.78, 5) is 26.5. The number of nitrogens with one attached hydrogen (secondary N) is 2. The molecule has 2 aromatic carbocycles. The van der Waals surface area contributed by atoms with Gasteiger partial charge in [0.15, 0.2) is 0 Å². The number of amides is 2. The third-order valence-electron chi connectivity index (χ3n) is 4.95. The van der Waals surface area contributed by atoms with E-state index in [1.165, 1.54) is 11.3 Å². The predicted octanol–water partition coefficient (Wildman–Crippen LogP) is 5.37. The van der Waals surface area contributed by atoms with Gasteiger partial charge in [-0.15, -0.1) is 11.3 Å². The van der Waals surface area contributed by atoms with Gasteiger partial charge in [0.05, 0.1) is 6.61 Å². The van der Waals surface area contributed by atoms with Crippen LogP contribution in [0, 0.1) is 6.92 Å².